The van der Waals surface area contributed by atoms with Crippen LogP contribution in [-0.4, -0.2) is 23.6 Å². The van der Waals surface area contributed by atoms with E-state index in [2.05, 4.69) is 64.5 Å². The van der Waals surface area contributed by atoms with E-state index in [0.717, 1.165) is 12.1 Å². The molecule has 4 rings (SSSR count). The Bertz CT molecular complexity index is 1010. The number of benzene rings is 2. The van der Waals surface area contributed by atoms with Crippen molar-refractivity contribution in [3.05, 3.63) is 70.8 Å². The van der Waals surface area contributed by atoms with Gasteiger partial charge in [-0.1, -0.05) is 61.8 Å². The number of quaternary nitrogens is 1. The molecule has 1 aliphatic carbocycles. The van der Waals surface area contributed by atoms with Crippen molar-refractivity contribution >= 4 is 23.0 Å². The third-order valence-electron chi connectivity index (χ3n) is 6.19. The molecule has 0 radical (unpaired) electrons. The molecule has 0 spiro atoms. The van der Waals surface area contributed by atoms with Gasteiger partial charge in [0.15, 0.2) is 5.70 Å². The molecule has 0 saturated heterocycles. The summed E-state index contributed by atoms with van der Waals surface area (Å²) < 4.78 is 0. The van der Waals surface area contributed by atoms with Crippen LogP contribution in [0.15, 0.2) is 48.5 Å². The average molecular weight is 405 g/mol. The van der Waals surface area contributed by atoms with E-state index in [0.29, 0.717) is 19.3 Å². The van der Waals surface area contributed by atoms with Crippen molar-refractivity contribution in [2.75, 3.05) is 7.05 Å². The van der Waals surface area contributed by atoms with E-state index in [9.17, 15) is 9.59 Å². The fraction of sp³-hybridized carbons (Fsp3) is 0.360. The Hall–Kier alpha value is -2.76. The number of hydrogen-bond acceptors (Lipinski definition) is 4. The van der Waals surface area contributed by atoms with Crippen LogP contribution in [0.5, 0.6) is 0 Å². The molecular weight excluding hydrogens is 374 g/mol. The smallest absolute Gasteiger partial charge is 0.183 e. The van der Waals surface area contributed by atoms with Crippen molar-refractivity contribution in [3.63, 3.8) is 0 Å². The lowest BCUT2D eigenvalue weighted by Gasteiger charge is -2.25. The van der Waals surface area contributed by atoms with Gasteiger partial charge in [0.1, 0.15) is 17.3 Å². The van der Waals surface area contributed by atoms with Crippen molar-refractivity contribution in [1.82, 2.24) is 10.5 Å². The average Bonchev–Trinajstić information content (AvgIpc) is 3.11. The highest BCUT2D eigenvalue weighted by Gasteiger charge is 2.34. The number of carbonyl (C=O) groups is 2. The highest BCUT2D eigenvalue weighted by atomic mass is 16.1. The summed E-state index contributed by atoms with van der Waals surface area (Å²) in [5.41, 5.74) is 12.6. The zero-order valence-electron chi connectivity index (χ0n) is 17.9. The molecular formula is C25H30N3O2+. The van der Waals surface area contributed by atoms with Crippen LogP contribution in [0.2, 0.25) is 0 Å². The van der Waals surface area contributed by atoms with Gasteiger partial charge >= 0.3 is 0 Å². The van der Waals surface area contributed by atoms with Gasteiger partial charge < -0.3 is 0 Å². The first-order chi connectivity index (χ1) is 14.5. The highest BCUT2D eigenvalue weighted by Crippen LogP contribution is 2.39. The maximum Gasteiger partial charge on any atom is 0.183 e. The summed E-state index contributed by atoms with van der Waals surface area (Å²) in [4.78, 5) is 24.8. The summed E-state index contributed by atoms with van der Waals surface area (Å²) in [6, 6.07) is 16.9. The SMILES string of the molecule is CC(C)C(=O)CCC(=O)C[C@H]1Cc2ccccc2C2=C(c3ccccc31)N(C)N[NH2+]2. The van der Waals surface area contributed by atoms with Crippen molar-refractivity contribution in [2.24, 2.45) is 5.92 Å². The third kappa shape index (κ3) is 3.95. The molecule has 1 heterocycles. The minimum Gasteiger partial charge on any atom is -0.300 e. The van der Waals surface area contributed by atoms with Crippen LogP contribution in [0, 0.1) is 5.92 Å². The lowest BCUT2D eigenvalue weighted by atomic mass is 9.80. The topological polar surface area (TPSA) is 66.0 Å². The van der Waals surface area contributed by atoms with Gasteiger partial charge in [0.2, 0.25) is 0 Å². The van der Waals surface area contributed by atoms with Crippen LogP contribution in [0.25, 0.3) is 11.4 Å². The molecule has 5 heteroatoms. The Morgan fingerprint density at radius 2 is 1.77 bits per heavy atom. The van der Waals surface area contributed by atoms with Crippen LogP contribution in [0.3, 0.4) is 0 Å². The molecule has 0 aromatic heterocycles. The van der Waals surface area contributed by atoms with Gasteiger partial charge in [-0.25, -0.2) is 5.43 Å². The molecule has 2 aromatic rings. The van der Waals surface area contributed by atoms with Crippen LogP contribution < -0.4 is 11.0 Å². The molecule has 30 heavy (non-hydrogen) atoms. The van der Waals surface area contributed by atoms with E-state index < -0.39 is 0 Å². The minimum atomic E-state index is -0.0150. The molecule has 0 bridgehead atoms. The first-order valence-corrected chi connectivity index (χ1v) is 10.7. The maximum absolute atomic E-state index is 12.9. The molecule has 2 aromatic carbocycles. The fourth-order valence-corrected chi connectivity index (χ4v) is 4.52. The van der Waals surface area contributed by atoms with E-state index in [1.165, 1.54) is 28.0 Å². The monoisotopic (exact) mass is 404 g/mol. The Labute approximate surface area is 178 Å². The normalized spacial score (nSPS) is 17.9. The zero-order chi connectivity index (χ0) is 21.3. The number of nitrogens with zero attached hydrogens (tertiary/aromatic N) is 1. The van der Waals surface area contributed by atoms with E-state index in [-0.39, 0.29) is 23.4 Å². The highest BCUT2D eigenvalue weighted by molar-refractivity contribution is 5.90. The Balaban J connectivity index is 1.71. The second kappa shape index (κ2) is 8.54. The van der Waals surface area contributed by atoms with Gasteiger partial charge in [0, 0.05) is 43.4 Å². The number of rotatable bonds is 6. The number of nitrogens with two attached hydrogens (primary N) is 1. The van der Waals surface area contributed by atoms with Gasteiger partial charge in [-0.2, -0.15) is 0 Å². The van der Waals surface area contributed by atoms with Gasteiger partial charge in [0.05, 0.1) is 0 Å². The minimum absolute atomic E-state index is 0.0150. The number of hydrazine groups is 1. The molecule has 2 aliphatic rings. The number of fused-ring (bicyclic) bond motifs is 4. The number of ketones is 2. The Kier molecular flexibility index (Phi) is 5.84. The van der Waals surface area contributed by atoms with Crippen LogP contribution in [0.4, 0.5) is 0 Å². The standard InChI is InChI=1S/C25H29N3O2/c1-16(2)23(30)13-12-19(29)15-18-14-17-8-4-5-10-21(17)24-25(28(3)27-26-24)22-11-7-6-9-20(18)22/h4-11,16,18,26-27H,12-15H2,1-3H3/p+1/t18-/m1/s1. The third-order valence-corrected chi connectivity index (χ3v) is 6.19. The number of carbonyl (C=O) groups excluding carboxylic acids is 2. The van der Waals surface area contributed by atoms with E-state index >= 15 is 0 Å². The fourth-order valence-electron chi connectivity index (χ4n) is 4.52. The summed E-state index contributed by atoms with van der Waals surface area (Å²) >= 11 is 0. The molecule has 1 aliphatic heterocycles. The Morgan fingerprint density at radius 1 is 1.07 bits per heavy atom. The van der Waals surface area contributed by atoms with Gasteiger partial charge in [-0.05, 0) is 29.5 Å². The molecule has 0 saturated carbocycles. The number of Topliss-reactive ketones (excluding diaryl/α,β-unsaturated/α-hetero) is 2. The number of hydrogen-bond donors (Lipinski definition) is 2. The van der Waals surface area contributed by atoms with Gasteiger partial charge in [0.25, 0.3) is 0 Å². The predicted molar refractivity (Wildman–Crippen MR) is 118 cm³/mol. The summed E-state index contributed by atoms with van der Waals surface area (Å²) in [6.07, 6.45) is 1.95. The van der Waals surface area contributed by atoms with Crippen LogP contribution in [0.1, 0.15) is 61.3 Å². The van der Waals surface area contributed by atoms with Crippen molar-refractivity contribution < 1.29 is 15.0 Å². The molecule has 0 amide bonds. The summed E-state index contributed by atoms with van der Waals surface area (Å²) in [6.45, 7) is 3.78. The molecule has 156 valence electrons. The first-order valence-electron chi connectivity index (χ1n) is 10.7. The largest absolute Gasteiger partial charge is 0.300 e. The summed E-state index contributed by atoms with van der Waals surface area (Å²) in [5, 5.41) is 2.05. The van der Waals surface area contributed by atoms with Crippen LogP contribution >= 0.6 is 0 Å². The van der Waals surface area contributed by atoms with Crippen molar-refractivity contribution in [2.45, 2.75) is 45.4 Å². The van der Waals surface area contributed by atoms with E-state index in [1.807, 2.05) is 20.9 Å². The molecule has 0 unspecified atom stereocenters. The first kappa shape index (κ1) is 20.5. The lowest BCUT2D eigenvalue weighted by Crippen LogP contribution is -2.89. The predicted octanol–water partition coefficient (Wildman–Crippen LogP) is 3.04. The maximum atomic E-state index is 12.9. The van der Waals surface area contributed by atoms with Crippen LogP contribution in [-0.2, 0) is 16.0 Å². The molecule has 5 nitrogen and oxygen atoms in total. The second-order valence-corrected chi connectivity index (χ2v) is 8.60. The molecule has 0 fully saturated rings. The summed E-state index contributed by atoms with van der Waals surface area (Å²) in [5.74, 6) is 0.405. The second-order valence-electron chi connectivity index (χ2n) is 8.60. The van der Waals surface area contributed by atoms with Gasteiger partial charge in [-0.15, -0.1) is 0 Å². The van der Waals surface area contributed by atoms with Crippen molar-refractivity contribution in [1.29, 1.82) is 0 Å². The quantitative estimate of drug-likeness (QED) is 0.727. The number of nitrogens with one attached hydrogen (secondary N) is 1. The van der Waals surface area contributed by atoms with E-state index in [4.69, 9.17) is 0 Å². The van der Waals surface area contributed by atoms with E-state index in [1.54, 1.807) is 0 Å². The lowest BCUT2D eigenvalue weighted by molar-refractivity contribution is -0.639. The van der Waals surface area contributed by atoms with Crippen molar-refractivity contribution in [3.8, 4) is 0 Å². The molecule has 3 N–H and O–H groups in total. The Morgan fingerprint density at radius 3 is 2.53 bits per heavy atom. The summed E-state index contributed by atoms with van der Waals surface area (Å²) in [7, 11) is 2.03. The van der Waals surface area contributed by atoms with Gasteiger partial charge in [-0.3, -0.25) is 14.6 Å². The zero-order valence-corrected chi connectivity index (χ0v) is 17.9. The molecule has 1 atom stereocenters.